The lowest BCUT2D eigenvalue weighted by molar-refractivity contribution is 0.0686. The number of hydrogen-bond donors (Lipinski definition) is 2. The first-order valence-electron chi connectivity index (χ1n) is 10.3. The highest BCUT2D eigenvalue weighted by Gasteiger charge is 2.08. The van der Waals surface area contributed by atoms with Crippen molar-refractivity contribution < 1.29 is 19.8 Å². The lowest BCUT2D eigenvalue weighted by atomic mass is 9.96. The van der Waals surface area contributed by atoms with Gasteiger partial charge in [-0.3, -0.25) is 0 Å². The van der Waals surface area contributed by atoms with Gasteiger partial charge in [0.25, 0.3) is 0 Å². The average molecular weight is 424 g/mol. The van der Waals surface area contributed by atoms with Crippen molar-refractivity contribution in [3.05, 3.63) is 120 Å². The molecule has 2 N–H and O–H groups in total. The zero-order valence-corrected chi connectivity index (χ0v) is 17.7. The number of aryl methyl sites for hydroxylation is 1. The molecule has 0 bridgehead atoms. The SMILES string of the molecule is CCc1cc(C(=O)O)ccc1-c1ccccc1.O=C(O)c1ccc(-c2ccccc2)cc1. The van der Waals surface area contributed by atoms with Crippen LogP contribution in [0.25, 0.3) is 22.3 Å². The number of benzene rings is 4. The fourth-order valence-electron chi connectivity index (χ4n) is 3.35. The van der Waals surface area contributed by atoms with Crippen molar-refractivity contribution in [2.45, 2.75) is 13.3 Å². The number of carboxylic acid groups (broad SMARTS) is 2. The smallest absolute Gasteiger partial charge is 0.335 e. The highest BCUT2D eigenvalue weighted by molar-refractivity contribution is 5.89. The summed E-state index contributed by atoms with van der Waals surface area (Å²) in [6, 6.07) is 32.0. The van der Waals surface area contributed by atoms with E-state index in [1.165, 1.54) is 0 Å². The van der Waals surface area contributed by atoms with Crippen molar-refractivity contribution in [2.24, 2.45) is 0 Å². The summed E-state index contributed by atoms with van der Waals surface area (Å²) in [6.45, 7) is 2.04. The predicted molar refractivity (Wildman–Crippen MR) is 127 cm³/mol. The Bertz CT molecular complexity index is 1180. The molecule has 4 aromatic rings. The molecular formula is C28H24O4. The zero-order valence-electron chi connectivity index (χ0n) is 17.7. The molecule has 0 amide bonds. The Hall–Kier alpha value is -4.18. The molecule has 0 saturated heterocycles. The van der Waals surface area contributed by atoms with Gasteiger partial charge in [0.05, 0.1) is 11.1 Å². The highest BCUT2D eigenvalue weighted by atomic mass is 16.4. The quantitative estimate of drug-likeness (QED) is 0.375. The van der Waals surface area contributed by atoms with Crippen molar-refractivity contribution in [3.8, 4) is 22.3 Å². The van der Waals surface area contributed by atoms with E-state index in [1.807, 2.05) is 85.8 Å². The molecule has 0 atom stereocenters. The lowest BCUT2D eigenvalue weighted by Gasteiger charge is -2.09. The van der Waals surface area contributed by atoms with Gasteiger partial charge in [-0.1, -0.05) is 85.8 Å². The average Bonchev–Trinajstić information content (AvgIpc) is 2.85. The third-order valence-electron chi connectivity index (χ3n) is 5.06. The van der Waals surface area contributed by atoms with Gasteiger partial charge >= 0.3 is 11.9 Å². The van der Waals surface area contributed by atoms with E-state index in [-0.39, 0.29) is 0 Å². The van der Waals surface area contributed by atoms with Gasteiger partial charge in [-0.05, 0) is 58.5 Å². The second-order valence-corrected chi connectivity index (χ2v) is 7.15. The maximum absolute atomic E-state index is 10.9. The van der Waals surface area contributed by atoms with E-state index < -0.39 is 11.9 Å². The Morgan fingerprint density at radius 2 is 1.06 bits per heavy atom. The first kappa shape index (κ1) is 22.5. The van der Waals surface area contributed by atoms with E-state index in [9.17, 15) is 9.59 Å². The normalized spacial score (nSPS) is 10.0. The minimum Gasteiger partial charge on any atom is -0.478 e. The van der Waals surface area contributed by atoms with Gasteiger partial charge in [-0.15, -0.1) is 0 Å². The Balaban J connectivity index is 0.000000182. The van der Waals surface area contributed by atoms with Crippen molar-refractivity contribution in [1.29, 1.82) is 0 Å². The Morgan fingerprint density at radius 3 is 1.56 bits per heavy atom. The van der Waals surface area contributed by atoms with E-state index in [1.54, 1.807) is 24.3 Å². The molecule has 4 aromatic carbocycles. The third-order valence-corrected chi connectivity index (χ3v) is 5.06. The standard InChI is InChI=1S/C15H14O2.C13H10O2/c1-2-11-10-13(15(16)17)8-9-14(11)12-6-4-3-5-7-12;14-13(15)12-8-6-11(7-9-12)10-4-2-1-3-5-10/h3-10H,2H2,1H3,(H,16,17);1-9H,(H,14,15). The van der Waals surface area contributed by atoms with Gasteiger partial charge in [0.1, 0.15) is 0 Å². The monoisotopic (exact) mass is 424 g/mol. The van der Waals surface area contributed by atoms with E-state index in [2.05, 4.69) is 0 Å². The van der Waals surface area contributed by atoms with Crippen LogP contribution in [0.2, 0.25) is 0 Å². The second-order valence-electron chi connectivity index (χ2n) is 7.15. The molecule has 0 aromatic heterocycles. The number of aromatic carboxylic acids is 2. The van der Waals surface area contributed by atoms with Crippen LogP contribution in [0.3, 0.4) is 0 Å². The molecule has 0 spiro atoms. The van der Waals surface area contributed by atoms with Crippen LogP contribution in [-0.2, 0) is 6.42 Å². The van der Waals surface area contributed by atoms with Gasteiger partial charge < -0.3 is 10.2 Å². The Morgan fingerprint density at radius 1 is 0.594 bits per heavy atom. The summed E-state index contributed by atoms with van der Waals surface area (Å²) in [7, 11) is 0. The van der Waals surface area contributed by atoms with E-state index in [0.29, 0.717) is 11.1 Å². The minimum atomic E-state index is -0.894. The summed E-state index contributed by atoms with van der Waals surface area (Å²) in [6.07, 6.45) is 0.825. The van der Waals surface area contributed by atoms with Gasteiger partial charge in [-0.25, -0.2) is 9.59 Å². The lowest BCUT2D eigenvalue weighted by Crippen LogP contribution is -1.98. The number of rotatable bonds is 5. The molecule has 0 radical (unpaired) electrons. The summed E-state index contributed by atoms with van der Waals surface area (Å²) in [5.74, 6) is -1.77. The van der Waals surface area contributed by atoms with Gasteiger partial charge in [0, 0.05) is 0 Å². The molecule has 160 valence electrons. The molecule has 0 aliphatic heterocycles. The van der Waals surface area contributed by atoms with Crippen LogP contribution in [0, 0.1) is 0 Å². The van der Waals surface area contributed by atoms with Crippen LogP contribution in [-0.4, -0.2) is 22.2 Å². The van der Waals surface area contributed by atoms with E-state index in [4.69, 9.17) is 10.2 Å². The number of carboxylic acids is 2. The summed E-state index contributed by atoms with van der Waals surface area (Å²) in [5.41, 5.74) is 6.08. The van der Waals surface area contributed by atoms with Gasteiger partial charge in [0.15, 0.2) is 0 Å². The molecule has 0 aliphatic rings. The van der Waals surface area contributed by atoms with Gasteiger partial charge in [-0.2, -0.15) is 0 Å². The van der Waals surface area contributed by atoms with Crippen molar-refractivity contribution in [2.75, 3.05) is 0 Å². The fourth-order valence-corrected chi connectivity index (χ4v) is 3.35. The van der Waals surface area contributed by atoms with Crippen LogP contribution in [0.15, 0.2) is 103 Å². The molecule has 4 nitrogen and oxygen atoms in total. The Kier molecular flexibility index (Phi) is 7.55. The van der Waals surface area contributed by atoms with Crippen LogP contribution in [0.4, 0.5) is 0 Å². The number of carbonyl (C=O) groups is 2. The summed E-state index contributed by atoms with van der Waals surface area (Å²) >= 11 is 0. The molecule has 32 heavy (non-hydrogen) atoms. The third kappa shape index (κ3) is 5.70. The Labute approximate surface area is 187 Å². The molecule has 0 heterocycles. The molecule has 4 heteroatoms. The second kappa shape index (κ2) is 10.7. The van der Waals surface area contributed by atoms with E-state index >= 15 is 0 Å². The predicted octanol–water partition coefficient (Wildman–Crippen LogP) is 6.67. The largest absolute Gasteiger partial charge is 0.478 e. The van der Waals surface area contributed by atoms with Crippen LogP contribution >= 0.6 is 0 Å². The summed E-state index contributed by atoms with van der Waals surface area (Å²) in [4.78, 5) is 21.6. The zero-order chi connectivity index (χ0) is 22.9. The molecular weight excluding hydrogens is 400 g/mol. The molecule has 0 unspecified atom stereocenters. The first-order valence-corrected chi connectivity index (χ1v) is 10.3. The van der Waals surface area contributed by atoms with Crippen molar-refractivity contribution >= 4 is 11.9 Å². The summed E-state index contributed by atoms with van der Waals surface area (Å²) in [5, 5.41) is 17.7. The van der Waals surface area contributed by atoms with Crippen molar-refractivity contribution in [1.82, 2.24) is 0 Å². The first-order chi connectivity index (χ1) is 15.5. The van der Waals surface area contributed by atoms with E-state index in [0.717, 1.165) is 34.2 Å². The molecule has 0 fully saturated rings. The van der Waals surface area contributed by atoms with Crippen LogP contribution in [0.1, 0.15) is 33.2 Å². The van der Waals surface area contributed by atoms with Crippen molar-refractivity contribution in [3.63, 3.8) is 0 Å². The highest BCUT2D eigenvalue weighted by Crippen LogP contribution is 2.25. The number of hydrogen-bond acceptors (Lipinski definition) is 2. The van der Waals surface area contributed by atoms with Gasteiger partial charge in [0.2, 0.25) is 0 Å². The van der Waals surface area contributed by atoms with Crippen LogP contribution in [0.5, 0.6) is 0 Å². The molecule has 4 rings (SSSR count). The topological polar surface area (TPSA) is 74.6 Å². The van der Waals surface area contributed by atoms with Crippen LogP contribution < -0.4 is 0 Å². The molecule has 0 aliphatic carbocycles. The maximum atomic E-state index is 10.9. The minimum absolute atomic E-state index is 0.315. The molecule has 0 saturated carbocycles. The maximum Gasteiger partial charge on any atom is 0.335 e. The fraction of sp³-hybridized carbons (Fsp3) is 0.0714. The summed E-state index contributed by atoms with van der Waals surface area (Å²) < 4.78 is 0.